The van der Waals surface area contributed by atoms with Gasteiger partial charge in [0.05, 0.1) is 22.3 Å². The Balaban J connectivity index is 1.13. The first kappa shape index (κ1) is 34.0. The molecule has 6 heteroatoms. The van der Waals surface area contributed by atoms with Crippen LogP contribution in [0.25, 0.3) is 126 Å². The lowest BCUT2D eigenvalue weighted by Gasteiger charge is -2.16. The van der Waals surface area contributed by atoms with E-state index in [9.17, 15) is 0 Å². The number of para-hydroxylation sites is 2. The summed E-state index contributed by atoms with van der Waals surface area (Å²) in [5.41, 5.74) is 9.99. The van der Waals surface area contributed by atoms with Crippen molar-refractivity contribution in [3.05, 3.63) is 194 Å². The predicted molar refractivity (Wildman–Crippen MR) is 254 cm³/mol. The topological polar surface area (TPSA) is 56.7 Å². The second kappa shape index (κ2) is 13.3. The Hall–Kier alpha value is -7.93. The molecule has 284 valence electrons. The van der Waals surface area contributed by atoms with Crippen LogP contribution < -0.4 is 0 Å². The van der Waals surface area contributed by atoms with Crippen LogP contribution in [0.5, 0.6) is 0 Å². The second-order valence-corrected chi connectivity index (χ2v) is 16.6. The Morgan fingerprint density at radius 2 is 1.00 bits per heavy atom. The number of hydrogen-bond acceptors (Lipinski definition) is 5. The van der Waals surface area contributed by atoms with E-state index in [1.54, 1.807) is 11.3 Å². The highest BCUT2D eigenvalue weighted by atomic mass is 32.1. The Morgan fingerprint density at radius 1 is 0.377 bits per heavy atom. The van der Waals surface area contributed by atoms with E-state index in [1.165, 1.54) is 36.3 Å². The van der Waals surface area contributed by atoms with Crippen molar-refractivity contribution < 1.29 is 4.42 Å². The molecule has 5 nitrogen and oxygen atoms in total. The van der Waals surface area contributed by atoms with Crippen LogP contribution in [-0.4, -0.2) is 19.5 Å². The molecule has 0 N–H and O–H groups in total. The third-order valence-electron chi connectivity index (χ3n) is 12.0. The van der Waals surface area contributed by atoms with Gasteiger partial charge in [0.15, 0.2) is 17.5 Å². The fourth-order valence-corrected chi connectivity index (χ4v) is 10.3. The molecule has 13 aromatic rings. The molecule has 0 aliphatic heterocycles. The molecule has 61 heavy (non-hydrogen) atoms. The van der Waals surface area contributed by atoms with Crippen molar-refractivity contribution in [1.82, 2.24) is 19.5 Å². The average molecular weight is 797 g/mol. The number of thiophene rings is 1. The van der Waals surface area contributed by atoms with Crippen LogP contribution >= 0.6 is 11.3 Å². The van der Waals surface area contributed by atoms with Gasteiger partial charge in [-0.15, -0.1) is 11.3 Å². The largest absolute Gasteiger partial charge is 0.456 e. The number of hydrogen-bond donors (Lipinski definition) is 0. The van der Waals surface area contributed by atoms with Crippen molar-refractivity contribution in [2.45, 2.75) is 0 Å². The highest BCUT2D eigenvalue weighted by molar-refractivity contribution is 7.26. The summed E-state index contributed by atoms with van der Waals surface area (Å²) in [5, 5.41) is 9.18. The van der Waals surface area contributed by atoms with Gasteiger partial charge in [0.25, 0.3) is 0 Å². The van der Waals surface area contributed by atoms with Crippen LogP contribution in [0.2, 0.25) is 0 Å². The molecule has 9 aromatic carbocycles. The minimum absolute atomic E-state index is 0.593. The van der Waals surface area contributed by atoms with Gasteiger partial charge in [0.2, 0.25) is 0 Å². The number of aromatic nitrogens is 4. The van der Waals surface area contributed by atoms with Gasteiger partial charge in [-0.05, 0) is 82.6 Å². The molecule has 4 heterocycles. The number of nitrogens with zero attached hydrogens (tertiary/aromatic N) is 4. The predicted octanol–water partition coefficient (Wildman–Crippen LogP) is 15.1. The van der Waals surface area contributed by atoms with Crippen LogP contribution in [0.15, 0.2) is 199 Å². The minimum Gasteiger partial charge on any atom is -0.456 e. The highest BCUT2D eigenvalue weighted by Crippen LogP contribution is 2.45. The normalized spacial score (nSPS) is 11.9. The Kier molecular flexibility index (Phi) is 7.41. The molecule has 0 bridgehead atoms. The lowest BCUT2D eigenvalue weighted by atomic mass is 10.0. The van der Waals surface area contributed by atoms with E-state index >= 15 is 0 Å². The van der Waals surface area contributed by atoms with Crippen LogP contribution in [0, 0.1) is 0 Å². The van der Waals surface area contributed by atoms with E-state index < -0.39 is 0 Å². The smallest absolute Gasteiger partial charge is 0.166 e. The Morgan fingerprint density at radius 3 is 1.85 bits per heavy atom. The van der Waals surface area contributed by atoms with Gasteiger partial charge in [-0.3, -0.25) is 0 Å². The summed E-state index contributed by atoms with van der Waals surface area (Å²) < 4.78 is 11.1. The number of fused-ring (bicyclic) bond motifs is 10. The quantitative estimate of drug-likeness (QED) is 0.174. The van der Waals surface area contributed by atoms with Crippen molar-refractivity contribution in [2.75, 3.05) is 0 Å². The summed E-state index contributed by atoms with van der Waals surface area (Å²) in [5.74, 6) is 1.81. The van der Waals surface area contributed by atoms with E-state index in [0.717, 1.165) is 71.9 Å². The standard InChI is InChI=1S/C55H32N4OS/c1-2-12-33(13-3-1)34-22-24-35(25-23-34)53-56-54(38-26-28-48-43(31-38)40-17-7-10-20-47(40)60-48)58-55(57-53)52-45(27-29-50-51(52)41-18-8-11-21-49(41)61-50)59-44-19-9-6-16-39(44)42-30-36-14-4-5-15-37(36)32-46(42)59/h1-32H. The SMILES string of the molecule is c1ccc(-c2ccc(-c3nc(-c4ccc5oc6ccccc6c5c4)nc(-c4c(-n5c6ccccc6c6cc7ccccc7cc65)ccc5sc6ccccc6c45)n3)cc2)cc1. The van der Waals surface area contributed by atoms with Crippen molar-refractivity contribution >= 4 is 86.0 Å². The molecule has 0 aliphatic rings. The summed E-state index contributed by atoms with van der Waals surface area (Å²) in [7, 11) is 0. The van der Waals surface area contributed by atoms with E-state index in [-0.39, 0.29) is 0 Å². The van der Waals surface area contributed by atoms with Gasteiger partial charge in [0, 0.05) is 52.8 Å². The first-order chi connectivity index (χ1) is 30.2. The molecule has 0 radical (unpaired) electrons. The number of furan rings is 1. The summed E-state index contributed by atoms with van der Waals surface area (Å²) in [4.78, 5) is 16.2. The van der Waals surface area contributed by atoms with E-state index in [2.05, 4.69) is 168 Å². The fourth-order valence-electron chi connectivity index (χ4n) is 9.19. The van der Waals surface area contributed by atoms with Gasteiger partial charge < -0.3 is 8.98 Å². The van der Waals surface area contributed by atoms with E-state index in [4.69, 9.17) is 19.4 Å². The molecule has 0 amide bonds. The molecular weight excluding hydrogens is 765 g/mol. The van der Waals surface area contributed by atoms with E-state index in [1.807, 2.05) is 30.3 Å². The maximum Gasteiger partial charge on any atom is 0.166 e. The maximum atomic E-state index is 6.26. The zero-order valence-electron chi connectivity index (χ0n) is 32.6. The highest BCUT2D eigenvalue weighted by Gasteiger charge is 2.24. The zero-order valence-corrected chi connectivity index (χ0v) is 33.4. The van der Waals surface area contributed by atoms with Crippen LogP contribution in [0.1, 0.15) is 0 Å². The first-order valence-electron chi connectivity index (χ1n) is 20.4. The lowest BCUT2D eigenvalue weighted by molar-refractivity contribution is 0.669. The summed E-state index contributed by atoms with van der Waals surface area (Å²) in [6, 6.07) is 68.6. The molecule has 13 rings (SSSR count). The second-order valence-electron chi connectivity index (χ2n) is 15.6. The van der Waals surface area contributed by atoms with Crippen molar-refractivity contribution in [3.63, 3.8) is 0 Å². The minimum atomic E-state index is 0.593. The first-order valence-corrected chi connectivity index (χ1v) is 21.2. The summed E-state index contributed by atoms with van der Waals surface area (Å²) >= 11 is 1.80. The molecule has 0 saturated carbocycles. The third kappa shape index (κ3) is 5.36. The zero-order chi connectivity index (χ0) is 40.0. The molecule has 4 aromatic heterocycles. The lowest BCUT2D eigenvalue weighted by Crippen LogP contribution is -2.04. The summed E-state index contributed by atoms with van der Waals surface area (Å²) in [6.07, 6.45) is 0. The molecule has 0 aliphatic carbocycles. The van der Waals surface area contributed by atoms with Gasteiger partial charge in [-0.2, -0.15) is 0 Å². The molecular formula is C55H32N4OS. The third-order valence-corrected chi connectivity index (χ3v) is 13.2. The van der Waals surface area contributed by atoms with Crippen LogP contribution in [0.3, 0.4) is 0 Å². The molecule has 0 spiro atoms. The van der Waals surface area contributed by atoms with Crippen molar-refractivity contribution in [2.24, 2.45) is 0 Å². The summed E-state index contributed by atoms with van der Waals surface area (Å²) in [6.45, 7) is 0. The van der Waals surface area contributed by atoms with Gasteiger partial charge in [-0.25, -0.2) is 15.0 Å². The van der Waals surface area contributed by atoms with Gasteiger partial charge >= 0.3 is 0 Å². The maximum absolute atomic E-state index is 6.26. The van der Waals surface area contributed by atoms with Crippen LogP contribution in [0.4, 0.5) is 0 Å². The fraction of sp³-hybridized carbons (Fsp3) is 0. The molecule has 0 unspecified atom stereocenters. The molecule has 0 fully saturated rings. The van der Waals surface area contributed by atoms with Crippen molar-refractivity contribution in [1.29, 1.82) is 0 Å². The Bertz CT molecular complexity index is 3880. The monoisotopic (exact) mass is 796 g/mol. The van der Waals surface area contributed by atoms with Gasteiger partial charge in [-0.1, -0.05) is 133 Å². The number of rotatable bonds is 5. The number of benzene rings is 9. The van der Waals surface area contributed by atoms with Crippen LogP contribution in [-0.2, 0) is 0 Å². The molecule has 0 saturated heterocycles. The van der Waals surface area contributed by atoms with Crippen molar-refractivity contribution in [3.8, 4) is 51.0 Å². The average Bonchev–Trinajstić information content (AvgIpc) is 4.00. The van der Waals surface area contributed by atoms with E-state index in [0.29, 0.717) is 17.5 Å². The Labute approximate surface area is 353 Å². The van der Waals surface area contributed by atoms with Gasteiger partial charge in [0.1, 0.15) is 11.2 Å². The molecule has 0 atom stereocenters.